The molecule has 0 aromatic heterocycles. The third-order valence-corrected chi connectivity index (χ3v) is 3.50. The average Bonchev–Trinajstić information content (AvgIpc) is 2.57. The highest BCUT2D eigenvalue weighted by Gasteiger charge is 2.24. The van der Waals surface area contributed by atoms with Crippen LogP contribution in [0.2, 0.25) is 5.02 Å². The fourth-order valence-corrected chi connectivity index (χ4v) is 2.10. The molecule has 1 amide bonds. The highest BCUT2D eigenvalue weighted by molar-refractivity contribution is 6.33. The van der Waals surface area contributed by atoms with E-state index in [9.17, 15) is 19.1 Å². The molecule has 0 aliphatic carbocycles. The first-order valence-corrected chi connectivity index (χ1v) is 7.45. The number of halogens is 2. The summed E-state index contributed by atoms with van der Waals surface area (Å²) >= 11 is 5.81. The molecule has 2 aromatic rings. The van der Waals surface area contributed by atoms with E-state index in [1.165, 1.54) is 13.0 Å². The molecule has 0 fully saturated rings. The van der Waals surface area contributed by atoms with Crippen LogP contribution in [0.4, 0.5) is 10.1 Å². The van der Waals surface area contributed by atoms with Crippen LogP contribution in [0, 0.1) is 5.82 Å². The lowest BCUT2D eigenvalue weighted by Crippen LogP contribution is -2.31. The SMILES string of the molecule is C[C@H](OC(=O)[C@@H](O)c1ccccc1)C(=O)Nc1ccc(F)cc1Cl. The van der Waals surface area contributed by atoms with Crippen molar-refractivity contribution < 1.29 is 23.8 Å². The van der Waals surface area contributed by atoms with Gasteiger partial charge in [-0.25, -0.2) is 9.18 Å². The topological polar surface area (TPSA) is 75.6 Å². The monoisotopic (exact) mass is 351 g/mol. The summed E-state index contributed by atoms with van der Waals surface area (Å²) in [5, 5.41) is 12.4. The van der Waals surface area contributed by atoms with Crippen molar-refractivity contribution in [2.75, 3.05) is 5.32 Å². The van der Waals surface area contributed by atoms with Gasteiger partial charge in [0, 0.05) is 0 Å². The summed E-state index contributed by atoms with van der Waals surface area (Å²) in [6.07, 6.45) is -2.66. The average molecular weight is 352 g/mol. The summed E-state index contributed by atoms with van der Waals surface area (Å²) in [5.74, 6) is -2.14. The van der Waals surface area contributed by atoms with Crippen LogP contribution in [0.3, 0.4) is 0 Å². The second-order valence-electron chi connectivity index (χ2n) is 5.01. The van der Waals surface area contributed by atoms with Crippen LogP contribution in [-0.4, -0.2) is 23.1 Å². The number of aliphatic hydroxyl groups is 1. The largest absolute Gasteiger partial charge is 0.450 e. The Bertz CT molecular complexity index is 739. The second-order valence-corrected chi connectivity index (χ2v) is 5.41. The van der Waals surface area contributed by atoms with Gasteiger partial charge in [0.25, 0.3) is 5.91 Å². The number of aliphatic hydroxyl groups excluding tert-OH is 1. The number of rotatable bonds is 5. The van der Waals surface area contributed by atoms with Gasteiger partial charge in [-0.1, -0.05) is 41.9 Å². The lowest BCUT2D eigenvalue weighted by atomic mass is 10.1. The first kappa shape index (κ1) is 17.9. The summed E-state index contributed by atoms with van der Waals surface area (Å²) < 4.78 is 17.9. The zero-order valence-electron chi connectivity index (χ0n) is 12.7. The first-order valence-electron chi connectivity index (χ1n) is 7.08. The van der Waals surface area contributed by atoms with E-state index in [2.05, 4.69) is 5.32 Å². The molecule has 0 saturated carbocycles. The van der Waals surface area contributed by atoms with E-state index in [0.29, 0.717) is 5.56 Å². The van der Waals surface area contributed by atoms with E-state index in [0.717, 1.165) is 12.1 Å². The normalized spacial score (nSPS) is 13.0. The van der Waals surface area contributed by atoms with Crippen molar-refractivity contribution in [3.8, 4) is 0 Å². The van der Waals surface area contributed by atoms with Crippen molar-refractivity contribution in [2.24, 2.45) is 0 Å². The summed E-state index contributed by atoms with van der Waals surface area (Å²) in [6, 6.07) is 11.7. The number of benzene rings is 2. The van der Waals surface area contributed by atoms with Gasteiger partial charge in [-0.15, -0.1) is 0 Å². The van der Waals surface area contributed by atoms with Gasteiger partial charge in [-0.2, -0.15) is 0 Å². The number of carbonyl (C=O) groups is 2. The Morgan fingerprint density at radius 2 is 1.88 bits per heavy atom. The summed E-state index contributed by atoms with van der Waals surface area (Å²) in [5.41, 5.74) is 0.547. The predicted molar refractivity (Wildman–Crippen MR) is 87.0 cm³/mol. The Balaban J connectivity index is 1.97. The molecule has 0 saturated heterocycles. The van der Waals surface area contributed by atoms with Crippen LogP contribution in [0.25, 0.3) is 0 Å². The molecule has 0 heterocycles. The van der Waals surface area contributed by atoms with Crippen molar-refractivity contribution in [1.29, 1.82) is 0 Å². The van der Waals surface area contributed by atoms with Gasteiger partial charge >= 0.3 is 5.97 Å². The molecule has 5 nitrogen and oxygen atoms in total. The molecule has 2 atom stereocenters. The molecule has 0 aliphatic rings. The van der Waals surface area contributed by atoms with Gasteiger partial charge in [0.15, 0.2) is 12.2 Å². The Morgan fingerprint density at radius 3 is 2.50 bits per heavy atom. The number of hydrogen-bond acceptors (Lipinski definition) is 4. The maximum absolute atomic E-state index is 13.0. The van der Waals surface area contributed by atoms with Crippen LogP contribution >= 0.6 is 11.6 Å². The highest BCUT2D eigenvalue weighted by atomic mass is 35.5. The minimum atomic E-state index is -1.49. The Morgan fingerprint density at radius 1 is 1.21 bits per heavy atom. The molecular formula is C17H15ClFNO4. The Kier molecular flexibility index (Phi) is 5.89. The maximum atomic E-state index is 13.0. The van der Waals surface area contributed by atoms with Gasteiger partial charge in [0.1, 0.15) is 5.82 Å². The van der Waals surface area contributed by atoms with Crippen LogP contribution in [0.1, 0.15) is 18.6 Å². The molecule has 24 heavy (non-hydrogen) atoms. The van der Waals surface area contributed by atoms with Crippen molar-refractivity contribution in [3.05, 3.63) is 64.9 Å². The van der Waals surface area contributed by atoms with Crippen LogP contribution in [0.5, 0.6) is 0 Å². The Hall–Kier alpha value is -2.44. The van der Waals surface area contributed by atoms with E-state index in [4.69, 9.17) is 16.3 Å². The first-order chi connectivity index (χ1) is 11.4. The fourth-order valence-electron chi connectivity index (χ4n) is 1.89. The van der Waals surface area contributed by atoms with E-state index in [1.807, 2.05) is 0 Å². The zero-order chi connectivity index (χ0) is 17.7. The van der Waals surface area contributed by atoms with E-state index in [1.54, 1.807) is 30.3 Å². The summed E-state index contributed by atoms with van der Waals surface area (Å²) in [7, 11) is 0. The minimum absolute atomic E-state index is 0.0196. The molecule has 0 radical (unpaired) electrons. The molecule has 2 rings (SSSR count). The van der Waals surface area contributed by atoms with Crippen molar-refractivity contribution in [1.82, 2.24) is 0 Å². The molecule has 0 unspecified atom stereocenters. The molecule has 7 heteroatoms. The van der Waals surface area contributed by atoms with Gasteiger partial charge < -0.3 is 15.2 Å². The number of anilines is 1. The number of esters is 1. The number of hydrogen-bond donors (Lipinski definition) is 2. The van der Waals surface area contributed by atoms with Gasteiger partial charge in [0.05, 0.1) is 10.7 Å². The zero-order valence-corrected chi connectivity index (χ0v) is 13.5. The Labute approximate surface area is 143 Å². The highest BCUT2D eigenvalue weighted by Crippen LogP contribution is 2.23. The third kappa shape index (κ3) is 4.53. The standard InChI is InChI=1S/C17H15ClFNO4/c1-10(16(22)20-14-8-7-12(19)9-13(14)18)24-17(23)15(21)11-5-3-2-4-6-11/h2-10,15,21H,1H3,(H,20,22)/t10-,15-/m0/s1. The van der Waals surface area contributed by atoms with Gasteiger partial charge in [-0.3, -0.25) is 4.79 Å². The predicted octanol–water partition coefficient (Wildman–Crippen LogP) is 3.08. The van der Waals surface area contributed by atoms with Gasteiger partial charge in [-0.05, 0) is 30.7 Å². The molecule has 2 aromatic carbocycles. The van der Waals surface area contributed by atoms with Crippen molar-refractivity contribution in [2.45, 2.75) is 19.1 Å². The quantitative estimate of drug-likeness (QED) is 0.812. The fraction of sp³-hybridized carbons (Fsp3) is 0.176. The van der Waals surface area contributed by atoms with E-state index < -0.39 is 29.9 Å². The smallest absolute Gasteiger partial charge is 0.340 e. The van der Waals surface area contributed by atoms with Crippen LogP contribution in [0.15, 0.2) is 48.5 Å². The molecule has 2 N–H and O–H groups in total. The molecule has 126 valence electrons. The molecule has 0 bridgehead atoms. The number of amides is 1. The number of ether oxygens (including phenoxy) is 1. The molecule has 0 spiro atoms. The lowest BCUT2D eigenvalue weighted by Gasteiger charge is -2.16. The summed E-state index contributed by atoms with van der Waals surface area (Å²) in [4.78, 5) is 23.9. The van der Waals surface area contributed by atoms with Crippen molar-refractivity contribution in [3.63, 3.8) is 0 Å². The lowest BCUT2D eigenvalue weighted by molar-refractivity contribution is -0.162. The number of nitrogens with one attached hydrogen (secondary N) is 1. The van der Waals surface area contributed by atoms with E-state index >= 15 is 0 Å². The second kappa shape index (κ2) is 7.90. The third-order valence-electron chi connectivity index (χ3n) is 3.19. The number of carbonyl (C=O) groups excluding carboxylic acids is 2. The summed E-state index contributed by atoms with van der Waals surface area (Å²) in [6.45, 7) is 1.35. The van der Waals surface area contributed by atoms with Crippen LogP contribution < -0.4 is 5.32 Å². The van der Waals surface area contributed by atoms with Gasteiger partial charge in [0.2, 0.25) is 0 Å². The minimum Gasteiger partial charge on any atom is -0.450 e. The molecule has 0 aliphatic heterocycles. The van der Waals surface area contributed by atoms with E-state index in [-0.39, 0.29) is 10.7 Å². The van der Waals surface area contributed by atoms with Crippen LogP contribution in [-0.2, 0) is 14.3 Å². The maximum Gasteiger partial charge on any atom is 0.340 e. The molecular weight excluding hydrogens is 337 g/mol. The van der Waals surface area contributed by atoms with Crippen molar-refractivity contribution >= 4 is 29.2 Å².